The molecule has 0 radical (unpaired) electrons. The molecule has 0 amide bonds. The van der Waals surface area contributed by atoms with E-state index in [0.29, 0.717) is 10.0 Å². The smallest absolute Gasteiger partial charge is 0.0906 e. The second-order valence-corrected chi connectivity index (χ2v) is 6.20. The van der Waals surface area contributed by atoms with Crippen molar-refractivity contribution in [3.05, 3.63) is 39.5 Å². The Morgan fingerprint density at radius 2 is 1.65 bits per heavy atom. The molecule has 2 rings (SSSR count). The van der Waals surface area contributed by atoms with Gasteiger partial charge in [-0.05, 0) is 30.7 Å². The van der Waals surface area contributed by atoms with Gasteiger partial charge in [0, 0.05) is 16.5 Å². The summed E-state index contributed by atoms with van der Waals surface area (Å²) in [7, 11) is 0. The minimum Gasteiger partial charge on any atom is -0.251 e. The molecular formula is C14H15Cl2N. The van der Waals surface area contributed by atoms with Crippen molar-refractivity contribution in [3.8, 4) is 0 Å². The molecule has 0 unspecified atom stereocenters. The van der Waals surface area contributed by atoms with Crippen LogP contribution in [0.2, 0.25) is 10.0 Å². The van der Waals surface area contributed by atoms with Gasteiger partial charge in [-0.1, -0.05) is 44.0 Å². The fraction of sp³-hybridized carbons (Fsp3) is 0.357. The number of halogens is 2. The lowest BCUT2D eigenvalue weighted by Crippen LogP contribution is -2.13. The summed E-state index contributed by atoms with van der Waals surface area (Å²) in [5.74, 6) is 0. The van der Waals surface area contributed by atoms with E-state index in [9.17, 15) is 0 Å². The fourth-order valence-corrected chi connectivity index (χ4v) is 2.33. The number of fused-ring (bicyclic) bond motifs is 1. The highest BCUT2D eigenvalue weighted by atomic mass is 35.5. The van der Waals surface area contributed by atoms with Crippen LogP contribution in [0, 0.1) is 6.92 Å². The Labute approximate surface area is 112 Å². The molecule has 0 saturated carbocycles. The van der Waals surface area contributed by atoms with Crippen molar-refractivity contribution >= 4 is 34.1 Å². The summed E-state index contributed by atoms with van der Waals surface area (Å²) < 4.78 is 0. The SMILES string of the molecule is Cc1cc(Cl)c2nc(C(C)(C)C)cc(Cl)c2c1. The van der Waals surface area contributed by atoms with Gasteiger partial charge in [0.25, 0.3) is 0 Å². The highest BCUT2D eigenvalue weighted by molar-refractivity contribution is 6.39. The van der Waals surface area contributed by atoms with Crippen molar-refractivity contribution in [3.63, 3.8) is 0 Å². The standard InChI is InChI=1S/C14H15Cl2N/c1-8-5-9-10(15)7-12(14(2,3)4)17-13(9)11(16)6-8/h5-7H,1-4H3. The summed E-state index contributed by atoms with van der Waals surface area (Å²) in [4.78, 5) is 4.63. The lowest BCUT2D eigenvalue weighted by atomic mass is 9.91. The Kier molecular flexibility index (Phi) is 3.09. The van der Waals surface area contributed by atoms with E-state index in [1.54, 1.807) is 0 Å². The average Bonchev–Trinajstić information content (AvgIpc) is 2.17. The van der Waals surface area contributed by atoms with E-state index < -0.39 is 0 Å². The fourth-order valence-electron chi connectivity index (χ4n) is 1.77. The van der Waals surface area contributed by atoms with Crippen LogP contribution in [0.25, 0.3) is 10.9 Å². The molecular weight excluding hydrogens is 253 g/mol. The van der Waals surface area contributed by atoms with Gasteiger partial charge in [0.2, 0.25) is 0 Å². The van der Waals surface area contributed by atoms with Crippen molar-refractivity contribution in [2.24, 2.45) is 0 Å². The monoisotopic (exact) mass is 267 g/mol. The van der Waals surface area contributed by atoms with E-state index >= 15 is 0 Å². The topological polar surface area (TPSA) is 12.9 Å². The quantitative estimate of drug-likeness (QED) is 0.644. The zero-order valence-electron chi connectivity index (χ0n) is 10.4. The Hall–Kier alpha value is -0.790. The van der Waals surface area contributed by atoms with E-state index in [-0.39, 0.29) is 5.41 Å². The van der Waals surface area contributed by atoms with Crippen LogP contribution in [0.1, 0.15) is 32.0 Å². The number of rotatable bonds is 0. The molecule has 0 aliphatic carbocycles. The molecule has 1 aromatic heterocycles. The Bertz CT molecular complexity index is 583. The van der Waals surface area contributed by atoms with Crippen LogP contribution in [0.3, 0.4) is 0 Å². The van der Waals surface area contributed by atoms with Gasteiger partial charge in [0.1, 0.15) is 0 Å². The molecule has 0 bridgehead atoms. The lowest BCUT2D eigenvalue weighted by molar-refractivity contribution is 0.571. The molecule has 90 valence electrons. The van der Waals surface area contributed by atoms with E-state index in [1.165, 1.54) is 0 Å². The van der Waals surface area contributed by atoms with Gasteiger partial charge in [-0.25, -0.2) is 0 Å². The van der Waals surface area contributed by atoms with Gasteiger partial charge < -0.3 is 0 Å². The third-order valence-corrected chi connectivity index (χ3v) is 3.33. The first-order chi connectivity index (χ1) is 7.79. The summed E-state index contributed by atoms with van der Waals surface area (Å²) in [6.45, 7) is 8.33. The maximum atomic E-state index is 6.31. The van der Waals surface area contributed by atoms with Crippen molar-refractivity contribution < 1.29 is 0 Å². The molecule has 2 aromatic rings. The van der Waals surface area contributed by atoms with Gasteiger partial charge >= 0.3 is 0 Å². The first-order valence-electron chi connectivity index (χ1n) is 5.56. The highest BCUT2D eigenvalue weighted by Gasteiger charge is 2.18. The van der Waals surface area contributed by atoms with Gasteiger partial charge in [-0.15, -0.1) is 0 Å². The lowest BCUT2D eigenvalue weighted by Gasteiger charge is -2.19. The first kappa shape index (κ1) is 12.7. The summed E-state index contributed by atoms with van der Waals surface area (Å²) in [6, 6.07) is 5.86. The summed E-state index contributed by atoms with van der Waals surface area (Å²) in [5, 5.41) is 2.29. The maximum Gasteiger partial charge on any atom is 0.0906 e. The number of hydrogen-bond donors (Lipinski definition) is 0. The van der Waals surface area contributed by atoms with Gasteiger partial charge in [0.15, 0.2) is 0 Å². The minimum atomic E-state index is -0.0357. The molecule has 0 atom stereocenters. The molecule has 0 aliphatic rings. The van der Waals surface area contributed by atoms with Crippen LogP contribution in [-0.2, 0) is 5.41 Å². The molecule has 17 heavy (non-hydrogen) atoms. The zero-order chi connectivity index (χ0) is 12.8. The molecule has 0 N–H and O–H groups in total. The van der Waals surface area contributed by atoms with Gasteiger partial charge in [0.05, 0.1) is 15.6 Å². The average molecular weight is 268 g/mol. The van der Waals surface area contributed by atoms with Crippen LogP contribution in [-0.4, -0.2) is 4.98 Å². The van der Waals surface area contributed by atoms with Crippen molar-refractivity contribution in [1.82, 2.24) is 4.98 Å². The number of pyridine rings is 1. The Morgan fingerprint density at radius 1 is 1.00 bits per heavy atom. The summed E-state index contributed by atoms with van der Waals surface area (Å²) in [6.07, 6.45) is 0. The predicted molar refractivity (Wildman–Crippen MR) is 75.2 cm³/mol. The van der Waals surface area contributed by atoms with E-state index in [0.717, 1.165) is 22.2 Å². The first-order valence-corrected chi connectivity index (χ1v) is 6.31. The number of aryl methyl sites for hydroxylation is 1. The molecule has 0 aliphatic heterocycles. The highest BCUT2D eigenvalue weighted by Crippen LogP contribution is 2.33. The largest absolute Gasteiger partial charge is 0.251 e. The molecule has 0 saturated heterocycles. The number of benzene rings is 1. The third kappa shape index (κ3) is 2.41. The normalized spacial score (nSPS) is 12.1. The van der Waals surface area contributed by atoms with E-state index in [4.69, 9.17) is 23.2 Å². The summed E-state index contributed by atoms with van der Waals surface area (Å²) in [5.41, 5.74) is 2.80. The molecule has 1 aromatic carbocycles. The molecule has 1 nitrogen and oxygen atoms in total. The predicted octanol–water partition coefficient (Wildman–Crippen LogP) is 5.15. The van der Waals surface area contributed by atoms with Gasteiger partial charge in [-0.3, -0.25) is 4.98 Å². The minimum absolute atomic E-state index is 0.0357. The van der Waals surface area contributed by atoms with Crippen molar-refractivity contribution in [2.75, 3.05) is 0 Å². The second-order valence-electron chi connectivity index (χ2n) is 5.38. The van der Waals surface area contributed by atoms with Crippen molar-refractivity contribution in [2.45, 2.75) is 33.1 Å². The molecule has 3 heteroatoms. The van der Waals surface area contributed by atoms with Gasteiger partial charge in [-0.2, -0.15) is 0 Å². The number of aromatic nitrogens is 1. The molecule has 0 fully saturated rings. The number of nitrogens with zero attached hydrogens (tertiary/aromatic N) is 1. The van der Waals surface area contributed by atoms with Crippen LogP contribution in [0.5, 0.6) is 0 Å². The van der Waals surface area contributed by atoms with Crippen LogP contribution in [0.4, 0.5) is 0 Å². The second kappa shape index (κ2) is 4.15. The molecule has 0 spiro atoms. The Balaban J connectivity index is 2.83. The van der Waals surface area contributed by atoms with E-state index in [1.807, 2.05) is 25.1 Å². The van der Waals surface area contributed by atoms with Crippen LogP contribution in [0.15, 0.2) is 18.2 Å². The van der Waals surface area contributed by atoms with E-state index in [2.05, 4.69) is 25.8 Å². The maximum absolute atomic E-state index is 6.31. The third-order valence-electron chi connectivity index (χ3n) is 2.73. The summed E-state index contributed by atoms with van der Waals surface area (Å²) >= 11 is 12.5. The molecule has 1 heterocycles. The number of hydrogen-bond acceptors (Lipinski definition) is 1. The zero-order valence-corrected chi connectivity index (χ0v) is 11.9. The van der Waals surface area contributed by atoms with Crippen LogP contribution >= 0.6 is 23.2 Å². The van der Waals surface area contributed by atoms with Crippen LogP contribution < -0.4 is 0 Å². The Morgan fingerprint density at radius 3 is 2.24 bits per heavy atom. The van der Waals surface area contributed by atoms with Crippen molar-refractivity contribution in [1.29, 1.82) is 0 Å².